The Bertz CT molecular complexity index is 398. The highest BCUT2D eigenvalue weighted by atomic mass is 31.1. The van der Waals surface area contributed by atoms with Gasteiger partial charge in [0.05, 0.1) is 0 Å². The Morgan fingerprint density at radius 3 is 2.05 bits per heavy atom. The van der Waals surface area contributed by atoms with Crippen molar-refractivity contribution in [1.29, 1.82) is 0 Å². The van der Waals surface area contributed by atoms with Gasteiger partial charge < -0.3 is 14.7 Å². The number of rotatable bonds is 12. The number of aliphatic hydroxyl groups excluding tert-OH is 2. The van der Waals surface area contributed by atoms with Crippen molar-refractivity contribution >= 4 is 8.69 Å². The number of hydrogen-bond donors (Lipinski definition) is 2. The van der Waals surface area contributed by atoms with Gasteiger partial charge in [0.1, 0.15) is 12.5 Å². The van der Waals surface area contributed by atoms with Crippen molar-refractivity contribution in [2.45, 2.75) is 31.0 Å². The summed E-state index contributed by atoms with van der Waals surface area (Å²) >= 11 is 0. The average Bonchev–Trinajstić information content (AvgIpc) is 2.47. The smallest absolute Gasteiger partial charge is 0.181 e. The summed E-state index contributed by atoms with van der Waals surface area (Å²) < 4.78 is 16.6. The van der Waals surface area contributed by atoms with Crippen LogP contribution in [-0.2, 0) is 9.09 Å². The lowest BCUT2D eigenvalue weighted by atomic mass is 9.94. The Morgan fingerprint density at radius 2 is 1.71 bits per heavy atom. The summed E-state index contributed by atoms with van der Waals surface area (Å²) in [6.07, 6.45) is 3.55. The van der Waals surface area contributed by atoms with Crippen molar-refractivity contribution in [1.82, 2.24) is 4.90 Å². The molecule has 0 saturated carbocycles. The second-order valence-electron chi connectivity index (χ2n) is 4.29. The fourth-order valence-corrected chi connectivity index (χ4v) is 2.59. The van der Waals surface area contributed by atoms with Crippen LogP contribution in [0.4, 0.5) is 0 Å². The predicted octanol–water partition coefficient (Wildman–Crippen LogP) is 2.39. The summed E-state index contributed by atoms with van der Waals surface area (Å²) in [5.74, 6) is 0. The van der Waals surface area contributed by atoms with Crippen LogP contribution in [0.5, 0.6) is 0 Å². The van der Waals surface area contributed by atoms with E-state index in [1.165, 1.54) is 23.1 Å². The molecule has 4 unspecified atom stereocenters. The summed E-state index contributed by atoms with van der Waals surface area (Å²) in [5.41, 5.74) is -0.920. The summed E-state index contributed by atoms with van der Waals surface area (Å²) in [4.78, 5) is 1.19. The molecule has 21 heavy (non-hydrogen) atoms. The Kier molecular flexibility index (Phi) is 9.09. The molecule has 0 aromatic carbocycles. The van der Waals surface area contributed by atoms with Gasteiger partial charge in [-0.05, 0) is 24.1 Å². The van der Waals surface area contributed by atoms with E-state index in [0.29, 0.717) is 12.0 Å². The summed E-state index contributed by atoms with van der Waals surface area (Å²) in [6, 6.07) is 0. The molecule has 0 aliphatic rings. The molecule has 0 amide bonds. The molecule has 2 N–H and O–H groups in total. The number of aliphatic hydroxyl groups is 2. The van der Waals surface area contributed by atoms with Crippen molar-refractivity contribution < 1.29 is 19.3 Å². The molecule has 0 radical (unpaired) electrons. The third-order valence-electron chi connectivity index (χ3n) is 3.02. The van der Waals surface area contributed by atoms with Crippen LogP contribution in [-0.4, -0.2) is 33.3 Å². The minimum absolute atomic E-state index is 0.157. The third kappa shape index (κ3) is 4.63. The molecular weight excluding hydrogens is 289 g/mol. The molecular formula is C15H24NO4P. The zero-order valence-electron chi connectivity index (χ0n) is 12.1. The highest BCUT2D eigenvalue weighted by molar-refractivity contribution is 7.17. The first-order valence-corrected chi connectivity index (χ1v) is 7.30. The quantitative estimate of drug-likeness (QED) is 0.329. The van der Waals surface area contributed by atoms with Gasteiger partial charge in [-0.25, -0.2) is 4.90 Å². The second kappa shape index (κ2) is 9.66. The van der Waals surface area contributed by atoms with Gasteiger partial charge >= 0.3 is 0 Å². The average molecular weight is 313 g/mol. The second-order valence-corrected chi connectivity index (χ2v) is 4.72. The number of hydrogen-bond acceptors (Lipinski definition) is 5. The molecule has 0 aromatic rings. The highest BCUT2D eigenvalue weighted by Gasteiger charge is 2.44. The molecule has 0 bridgehead atoms. The topological polar surface area (TPSA) is 70.0 Å². The van der Waals surface area contributed by atoms with E-state index in [-0.39, 0.29) is 6.42 Å². The molecule has 0 fully saturated rings. The standard InChI is InChI=1S/C15H24NO4P/c1-6-10-12(5)15(11-7-2,20-21-19)16(13(17)8-3)14(18)9-4/h6-9,13-14,17-18H,1-5,10-11,21H2. The van der Waals surface area contributed by atoms with Crippen LogP contribution in [0, 0.1) is 0 Å². The van der Waals surface area contributed by atoms with Crippen LogP contribution >= 0.6 is 8.69 Å². The van der Waals surface area contributed by atoms with Gasteiger partial charge in [0.2, 0.25) is 0 Å². The van der Waals surface area contributed by atoms with Crippen LogP contribution < -0.4 is 0 Å². The minimum atomic E-state index is -1.62. The molecule has 5 nitrogen and oxygen atoms in total. The van der Waals surface area contributed by atoms with Crippen LogP contribution in [0.1, 0.15) is 12.8 Å². The molecule has 0 aliphatic carbocycles. The van der Waals surface area contributed by atoms with Crippen molar-refractivity contribution in [3.8, 4) is 0 Å². The molecule has 0 rings (SSSR count). The van der Waals surface area contributed by atoms with Crippen molar-refractivity contribution in [3.05, 3.63) is 62.8 Å². The van der Waals surface area contributed by atoms with Gasteiger partial charge in [-0.1, -0.05) is 31.9 Å². The van der Waals surface area contributed by atoms with Gasteiger partial charge in [-0.3, -0.25) is 4.57 Å². The lowest BCUT2D eigenvalue weighted by Gasteiger charge is -2.46. The minimum Gasteiger partial charge on any atom is -0.375 e. The predicted molar refractivity (Wildman–Crippen MR) is 87.2 cm³/mol. The van der Waals surface area contributed by atoms with E-state index in [4.69, 9.17) is 4.52 Å². The first-order valence-electron chi connectivity index (χ1n) is 6.36. The lowest BCUT2D eigenvalue weighted by Crippen LogP contribution is -2.58. The molecule has 0 aromatic heterocycles. The summed E-state index contributed by atoms with van der Waals surface area (Å²) in [5, 5.41) is 20.3. The molecule has 6 heteroatoms. The van der Waals surface area contributed by atoms with Gasteiger partial charge in [0, 0.05) is 6.42 Å². The van der Waals surface area contributed by atoms with Gasteiger partial charge in [-0.15, -0.1) is 13.2 Å². The van der Waals surface area contributed by atoms with Crippen LogP contribution in [0.2, 0.25) is 0 Å². The molecule has 0 spiro atoms. The number of nitrogens with zero attached hydrogens (tertiary/aromatic N) is 1. The van der Waals surface area contributed by atoms with E-state index in [1.54, 1.807) is 6.08 Å². The molecule has 0 aliphatic heterocycles. The zero-order chi connectivity index (χ0) is 16.5. The van der Waals surface area contributed by atoms with Crippen LogP contribution in [0.15, 0.2) is 62.8 Å². The molecule has 118 valence electrons. The SMILES string of the molecule is C=CCC(=C)C(CC=C)(O[PH2]=O)N(C(O)C=C)C(O)C=C. The van der Waals surface area contributed by atoms with E-state index >= 15 is 0 Å². The third-order valence-corrected chi connectivity index (χ3v) is 3.50. The zero-order valence-corrected chi connectivity index (χ0v) is 13.3. The molecule has 4 atom stereocenters. The van der Waals surface area contributed by atoms with E-state index in [2.05, 4.69) is 32.9 Å². The van der Waals surface area contributed by atoms with Crippen molar-refractivity contribution in [3.63, 3.8) is 0 Å². The Labute approximate surface area is 127 Å². The number of allylic oxidation sites excluding steroid dienone is 1. The van der Waals surface area contributed by atoms with Crippen molar-refractivity contribution in [2.75, 3.05) is 0 Å². The summed E-state index contributed by atoms with van der Waals surface area (Å²) in [7, 11) is -1.62. The van der Waals surface area contributed by atoms with E-state index in [1.807, 2.05) is 0 Å². The maximum atomic E-state index is 11.2. The van der Waals surface area contributed by atoms with Gasteiger partial charge in [0.25, 0.3) is 0 Å². The largest absolute Gasteiger partial charge is 0.375 e. The Morgan fingerprint density at radius 1 is 1.19 bits per heavy atom. The van der Waals surface area contributed by atoms with Crippen LogP contribution in [0.3, 0.4) is 0 Å². The first kappa shape index (κ1) is 19.8. The first-order chi connectivity index (χ1) is 9.94. The van der Waals surface area contributed by atoms with E-state index < -0.39 is 26.9 Å². The molecule has 0 heterocycles. The van der Waals surface area contributed by atoms with E-state index in [9.17, 15) is 14.8 Å². The molecule has 0 saturated heterocycles. The van der Waals surface area contributed by atoms with Crippen molar-refractivity contribution in [2.24, 2.45) is 0 Å². The fourth-order valence-electron chi connectivity index (χ4n) is 2.04. The normalized spacial score (nSPS) is 17.1. The highest BCUT2D eigenvalue weighted by Crippen LogP contribution is 2.37. The Hall–Kier alpha value is -1.23. The van der Waals surface area contributed by atoms with Gasteiger partial charge in [-0.2, -0.15) is 0 Å². The Balaban J connectivity index is 6.07. The van der Waals surface area contributed by atoms with Crippen LogP contribution in [0.25, 0.3) is 0 Å². The fraction of sp³-hybridized carbons (Fsp3) is 0.333. The lowest BCUT2D eigenvalue weighted by molar-refractivity contribution is -0.175. The monoisotopic (exact) mass is 313 g/mol. The summed E-state index contributed by atoms with van der Waals surface area (Å²) in [6.45, 7) is 18.2. The van der Waals surface area contributed by atoms with E-state index in [0.717, 1.165) is 0 Å². The maximum Gasteiger partial charge on any atom is 0.181 e. The maximum absolute atomic E-state index is 11.2. The van der Waals surface area contributed by atoms with Gasteiger partial charge in [0.15, 0.2) is 14.4 Å².